The second-order valence-corrected chi connectivity index (χ2v) is 17.4. The minimum Gasteiger partial charge on any atom is -0.508 e. The van der Waals surface area contributed by atoms with Crippen LogP contribution >= 0.6 is 0 Å². The Morgan fingerprint density at radius 1 is 0.306 bits per heavy atom. The van der Waals surface area contributed by atoms with E-state index in [-0.39, 0.29) is 22.3 Å². The molecule has 8 heteroatoms. The van der Waals surface area contributed by atoms with Crippen LogP contribution in [0.4, 0.5) is 22.7 Å². The molecule has 0 radical (unpaired) electrons. The number of hydrogen-bond acceptors (Lipinski definition) is 8. The molecule has 8 rings (SSSR count). The summed E-state index contributed by atoms with van der Waals surface area (Å²) in [6.45, 7) is 13.3. The van der Waals surface area contributed by atoms with Crippen molar-refractivity contribution >= 4 is 22.7 Å². The Hall–Kier alpha value is -7.58. The van der Waals surface area contributed by atoms with Gasteiger partial charge in [-0.15, -0.1) is 0 Å². The molecule has 0 aliphatic heterocycles. The number of aromatic nitrogens is 2. The molecule has 0 unspecified atom stereocenters. The van der Waals surface area contributed by atoms with E-state index in [1.807, 2.05) is 48.5 Å². The maximum Gasteiger partial charge on any atom is 0.115 e. The smallest absolute Gasteiger partial charge is 0.115 e. The summed E-state index contributed by atoms with van der Waals surface area (Å²) in [5.41, 5.74) is 14.4. The van der Waals surface area contributed by atoms with Crippen molar-refractivity contribution in [1.82, 2.24) is 9.97 Å². The number of phenolic OH excluding ortho intramolecular Hbond substituents is 2. The van der Waals surface area contributed by atoms with Gasteiger partial charge in [-0.05, 0) is 141 Å². The van der Waals surface area contributed by atoms with Crippen LogP contribution in [0.3, 0.4) is 0 Å². The molecule has 0 saturated heterocycles. The second-order valence-electron chi connectivity index (χ2n) is 17.4. The van der Waals surface area contributed by atoms with Gasteiger partial charge in [-0.2, -0.15) is 20.5 Å². The van der Waals surface area contributed by atoms with Gasteiger partial charge in [0.15, 0.2) is 0 Å². The predicted octanol–water partition coefficient (Wildman–Crippen LogP) is 15.6. The number of nitrogens with zero attached hydrogens (tertiary/aromatic N) is 6. The highest BCUT2D eigenvalue weighted by Gasteiger charge is 2.18. The van der Waals surface area contributed by atoms with Gasteiger partial charge in [0.25, 0.3) is 0 Å². The van der Waals surface area contributed by atoms with Gasteiger partial charge in [0.1, 0.15) is 11.5 Å². The lowest BCUT2D eigenvalue weighted by atomic mass is 9.86. The van der Waals surface area contributed by atoms with E-state index in [1.165, 1.54) is 11.1 Å². The van der Waals surface area contributed by atoms with Crippen molar-refractivity contribution < 1.29 is 10.2 Å². The van der Waals surface area contributed by atoms with Crippen molar-refractivity contribution in [2.24, 2.45) is 20.5 Å². The fraction of sp³-hybridized carbons (Fsp3) is 0.148. The minimum absolute atomic E-state index is 0.0220. The molecular weight excluding hydrogens is 765 g/mol. The van der Waals surface area contributed by atoms with Gasteiger partial charge in [0, 0.05) is 11.1 Å². The molecule has 62 heavy (non-hydrogen) atoms. The first-order valence-corrected chi connectivity index (χ1v) is 20.6. The van der Waals surface area contributed by atoms with Crippen LogP contribution in [0.5, 0.6) is 11.5 Å². The Morgan fingerprint density at radius 3 is 0.855 bits per heavy atom. The zero-order valence-corrected chi connectivity index (χ0v) is 35.7. The zero-order chi connectivity index (χ0) is 43.4. The largest absolute Gasteiger partial charge is 0.508 e. The van der Waals surface area contributed by atoms with Crippen molar-refractivity contribution in [3.05, 3.63) is 181 Å². The Balaban J connectivity index is 1.22. The predicted molar refractivity (Wildman–Crippen MR) is 251 cm³/mol. The number of phenols is 2. The monoisotopic (exact) mass is 812 g/mol. The number of azo groups is 2. The average molecular weight is 813 g/mol. The van der Waals surface area contributed by atoms with Crippen molar-refractivity contribution in [2.45, 2.75) is 52.4 Å². The summed E-state index contributed by atoms with van der Waals surface area (Å²) < 4.78 is 0. The lowest BCUT2D eigenvalue weighted by Gasteiger charge is -2.19. The van der Waals surface area contributed by atoms with Crippen molar-refractivity contribution in [2.75, 3.05) is 0 Å². The molecule has 2 heterocycles. The average Bonchev–Trinajstić information content (AvgIpc) is 3.28. The molecule has 0 fully saturated rings. The van der Waals surface area contributed by atoms with Gasteiger partial charge >= 0.3 is 0 Å². The molecule has 0 saturated carbocycles. The molecule has 0 aliphatic rings. The maximum atomic E-state index is 9.64. The van der Waals surface area contributed by atoms with E-state index in [0.29, 0.717) is 22.7 Å². The molecule has 0 bridgehead atoms. The summed E-state index contributed by atoms with van der Waals surface area (Å²) in [6, 6.07) is 55.0. The highest BCUT2D eigenvalue weighted by Crippen LogP contribution is 2.36. The summed E-state index contributed by atoms with van der Waals surface area (Å²) in [6.07, 6.45) is 0. The first-order valence-electron chi connectivity index (χ1n) is 20.6. The molecule has 0 aliphatic carbocycles. The number of hydrogen-bond donors (Lipinski definition) is 2. The summed E-state index contributed by atoms with van der Waals surface area (Å²) >= 11 is 0. The minimum atomic E-state index is 0.0220. The molecule has 6 aromatic carbocycles. The standard InChI is InChI=1S/C54H48N6O2/c1-53(2,3)41-15-7-35(8-16-41)39-31-49(37-11-19-43(20-12-37)57-59-45-23-27-47(61)28-24-45)55-51(33-39)52-34-40(36-9-17-42(18-10-36)54(4,5)6)32-50(56-52)38-13-21-44(22-14-38)58-60-46-25-29-48(62)30-26-46/h7-34,61-62H,1-6H3. The van der Waals surface area contributed by atoms with E-state index in [0.717, 1.165) is 56.2 Å². The molecule has 8 nitrogen and oxygen atoms in total. The highest BCUT2D eigenvalue weighted by atomic mass is 16.3. The van der Waals surface area contributed by atoms with E-state index in [4.69, 9.17) is 9.97 Å². The third kappa shape index (κ3) is 9.88. The number of aromatic hydroxyl groups is 2. The Bertz CT molecular complexity index is 2670. The first-order chi connectivity index (χ1) is 29.7. The van der Waals surface area contributed by atoms with E-state index >= 15 is 0 Å². The quantitative estimate of drug-likeness (QED) is 0.141. The Kier molecular flexibility index (Phi) is 11.4. The summed E-state index contributed by atoms with van der Waals surface area (Å²) in [5, 5.41) is 36.8. The highest BCUT2D eigenvalue weighted by molar-refractivity contribution is 5.80. The summed E-state index contributed by atoms with van der Waals surface area (Å²) in [4.78, 5) is 10.6. The number of pyridine rings is 2. The van der Waals surface area contributed by atoms with Crippen molar-refractivity contribution in [3.63, 3.8) is 0 Å². The molecule has 0 amide bonds. The van der Waals surface area contributed by atoms with Crippen LogP contribution in [-0.4, -0.2) is 20.2 Å². The van der Waals surface area contributed by atoms with Crippen LogP contribution in [0.1, 0.15) is 52.7 Å². The molecule has 2 aromatic heterocycles. The lowest BCUT2D eigenvalue weighted by Crippen LogP contribution is -2.10. The summed E-state index contributed by atoms with van der Waals surface area (Å²) in [5.74, 6) is 0.364. The maximum absolute atomic E-state index is 9.64. The molecule has 0 atom stereocenters. The van der Waals surface area contributed by atoms with Crippen LogP contribution in [0, 0.1) is 0 Å². The van der Waals surface area contributed by atoms with E-state index in [9.17, 15) is 10.2 Å². The molecule has 2 N–H and O–H groups in total. The fourth-order valence-corrected chi connectivity index (χ4v) is 6.95. The zero-order valence-electron chi connectivity index (χ0n) is 35.7. The number of benzene rings is 6. The van der Waals surface area contributed by atoms with E-state index in [2.05, 4.69) is 135 Å². The molecule has 8 aromatic rings. The van der Waals surface area contributed by atoms with Crippen LogP contribution < -0.4 is 0 Å². The van der Waals surface area contributed by atoms with Crippen LogP contribution in [0.2, 0.25) is 0 Å². The SMILES string of the molecule is CC(C)(C)c1ccc(-c2cc(-c3ccc(N=Nc4ccc(O)cc4)cc3)nc(-c3cc(-c4ccc(C(C)(C)C)cc4)cc(-c4ccc(N=Nc5ccc(O)cc5)cc4)n3)c2)cc1. The van der Waals surface area contributed by atoms with Crippen molar-refractivity contribution in [1.29, 1.82) is 0 Å². The van der Waals surface area contributed by atoms with Crippen LogP contribution in [0.25, 0.3) is 56.2 Å². The van der Waals surface area contributed by atoms with Gasteiger partial charge in [-0.1, -0.05) is 114 Å². The van der Waals surface area contributed by atoms with Gasteiger partial charge < -0.3 is 10.2 Å². The Morgan fingerprint density at radius 2 is 0.565 bits per heavy atom. The van der Waals surface area contributed by atoms with Crippen molar-refractivity contribution in [3.8, 4) is 67.7 Å². The van der Waals surface area contributed by atoms with E-state index in [1.54, 1.807) is 48.5 Å². The molecule has 306 valence electrons. The molecular formula is C54H48N6O2. The summed E-state index contributed by atoms with van der Waals surface area (Å²) in [7, 11) is 0. The van der Waals surface area contributed by atoms with E-state index < -0.39 is 0 Å². The fourth-order valence-electron chi connectivity index (χ4n) is 6.95. The Labute approximate surface area is 363 Å². The number of rotatable bonds is 9. The second kappa shape index (κ2) is 17.2. The normalized spacial score (nSPS) is 12.0. The lowest BCUT2D eigenvalue weighted by molar-refractivity contribution is 0.475. The van der Waals surface area contributed by atoms with Gasteiger partial charge in [-0.3, -0.25) is 0 Å². The topological polar surface area (TPSA) is 116 Å². The van der Waals surface area contributed by atoms with Gasteiger partial charge in [0.05, 0.1) is 45.5 Å². The molecule has 0 spiro atoms. The van der Waals surface area contributed by atoms with Gasteiger partial charge in [-0.25, -0.2) is 9.97 Å². The first kappa shape index (κ1) is 41.2. The third-order valence-corrected chi connectivity index (χ3v) is 10.7. The van der Waals surface area contributed by atoms with Crippen LogP contribution in [0.15, 0.2) is 190 Å². The van der Waals surface area contributed by atoms with Crippen LogP contribution in [-0.2, 0) is 10.8 Å². The van der Waals surface area contributed by atoms with Gasteiger partial charge in [0.2, 0.25) is 0 Å². The third-order valence-electron chi connectivity index (χ3n) is 10.7.